The van der Waals surface area contributed by atoms with Crippen LogP contribution in [-0.4, -0.2) is 21.2 Å². The van der Waals surface area contributed by atoms with Crippen molar-refractivity contribution < 1.29 is 9.90 Å². The van der Waals surface area contributed by atoms with Crippen molar-refractivity contribution in [2.24, 2.45) is 11.5 Å². The van der Waals surface area contributed by atoms with Gasteiger partial charge in [0.25, 0.3) is 0 Å². The van der Waals surface area contributed by atoms with Gasteiger partial charge in [-0.3, -0.25) is 0 Å². The van der Waals surface area contributed by atoms with E-state index in [0.29, 0.717) is 0 Å². The Morgan fingerprint density at radius 1 is 1.50 bits per heavy atom. The van der Waals surface area contributed by atoms with Crippen molar-refractivity contribution in [1.29, 1.82) is 0 Å². The molecule has 0 aliphatic rings. The van der Waals surface area contributed by atoms with Crippen LogP contribution >= 0.6 is 24.4 Å². The van der Waals surface area contributed by atoms with E-state index in [1.807, 2.05) is 0 Å². The van der Waals surface area contributed by atoms with Crippen LogP contribution in [0.5, 0.6) is 0 Å². The van der Waals surface area contributed by atoms with Crippen LogP contribution in [-0.2, 0) is 0 Å². The van der Waals surface area contributed by atoms with Gasteiger partial charge in [-0.15, -0.1) is 0 Å². The maximum Gasteiger partial charge on any atom is 0.338 e. The van der Waals surface area contributed by atoms with Gasteiger partial charge in [0.2, 0.25) is 0 Å². The molecule has 0 radical (unpaired) electrons. The van der Waals surface area contributed by atoms with Crippen LogP contribution in [0.15, 0.2) is 18.3 Å². The summed E-state index contributed by atoms with van der Waals surface area (Å²) in [5, 5.41) is 8.48. The van der Waals surface area contributed by atoms with E-state index in [9.17, 15) is 4.79 Å². The summed E-state index contributed by atoms with van der Waals surface area (Å²) in [5.74, 6) is -0.998. The van der Waals surface area contributed by atoms with Gasteiger partial charge in [0, 0.05) is 6.20 Å². The van der Waals surface area contributed by atoms with Crippen LogP contribution in [0.2, 0.25) is 0 Å². The number of thiocarbonyl (C=S) groups is 1. The molecule has 0 aliphatic heterocycles. The van der Waals surface area contributed by atoms with Crippen molar-refractivity contribution in [3.63, 3.8) is 0 Å². The summed E-state index contributed by atoms with van der Waals surface area (Å²) in [6.45, 7) is 0. The Morgan fingerprint density at radius 3 is 2.29 bits per heavy atom. The van der Waals surface area contributed by atoms with Gasteiger partial charge >= 0.3 is 5.97 Å². The highest BCUT2D eigenvalue weighted by atomic mass is 32.1. The van der Waals surface area contributed by atoms with Crippen molar-refractivity contribution >= 4 is 35.5 Å². The zero-order chi connectivity index (χ0) is 11.1. The Hall–Kier alpha value is -1.47. The molecule has 76 valence electrons. The monoisotopic (exact) mass is 231 g/mol. The minimum Gasteiger partial charge on any atom is -0.478 e. The van der Waals surface area contributed by atoms with Crippen LogP contribution in [0.4, 0.5) is 0 Å². The normalized spacial score (nSPS) is 8.29. The van der Waals surface area contributed by atoms with E-state index < -0.39 is 5.97 Å². The molecular weight excluding hydrogens is 222 g/mol. The minimum atomic E-state index is -0.998. The molecule has 0 spiro atoms. The zero-order valence-electron chi connectivity index (χ0n) is 7.06. The lowest BCUT2D eigenvalue weighted by Gasteiger charge is -1.90. The predicted octanol–water partition coefficient (Wildman–Crippen LogP) is 0.631. The number of pyridine rings is 1. The Bertz CT molecular complexity index is 385. The molecule has 0 saturated heterocycles. The Balaban J connectivity index is 0.000000364. The number of aromatic nitrogens is 1. The molecule has 0 aromatic carbocycles. The Labute approximate surface area is 90.7 Å². The summed E-state index contributed by atoms with van der Waals surface area (Å²) < 4.78 is 0.259. The lowest BCUT2D eigenvalue weighted by atomic mass is 10.3. The third-order valence-corrected chi connectivity index (χ3v) is 1.39. The van der Waals surface area contributed by atoms with Crippen LogP contribution < -0.4 is 11.5 Å². The number of carboxylic acid groups (broad SMARTS) is 1. The van der Waals surface area contributed by atoms with Crippen LogP contribution in [0.3, 0.4) is 0 Å². The summed E-state index contributed by atoms with van der Waals surface area (Å²) in [6.07, 6.45) is 1.59. The van der Waals surface area contributed by atoms with E-state index in [1.54, 1.807) is 12.3 Å². The third kappa shape index (κ3) is 5.22. The van der Waals surface area contributed by atoms with Crippen LogP contribution in [0.1, 0.15) is 10.4 Å². The molecule has 7 heteroatoms. The van der Waals surface area contributed by atoms with E-state index >= 15 is 0 Å². The second-order valence-electron chi connectivity index (χ2n) is 2.12. The first-order valence-corrected chi connectivity index (χ1v) is 4.22. The molecule has 0 aliphatic carbocycles. The average molecular weight is 231 g/mol. The van der Waals surface area contributed by atoms with Crippen molar-refractivity contribution in [2.75, 3.05) is 0 Å². The van der Waals surface area contributed by atoms with E-state index in [2.05, 4.69) is 28.7 Å². The van der Waals surface area contributed by atoms with E-state index in [-0.39, 0.29) is 15.3 Å². The van der Waals surface area contributed by atoms with Crippen molar-refractivity contribution in [2.45, 2.75) is 0 Å². The first-order chi connectivity index (χ1) is 6.45. The predicted molar refractivity (Wildman–Crippen MR) is 59.6 cm³/mol. The van der Waals surface area contributed by atoms with Gasteiger partial charge in [-0.05, 0) is 24.4 Å². The van der Waals surface area contributed by atoms with Crippen molar-refractivity contribution in [1.82, 2.24) is 4.98 Å². The van der Waals surface area contributed by atoms with Crippen molar-refractivity contribution in [3.8, 4) is 0 Å². The number of aromatic amines is 1. The highest BCUT2D eigenvalue weighted by molar-refractivity contribution is 7.80. The second-order valence-corrected chi connectivity index (χ2v) is 3.00. The van der Waals surface area contributed by atoms with Gasteiger partial charge in [0.1, 0.15) is 4.64 Å². The van der Waals surface area contributed by atoms with Crippen molar-refractivity contribution in [3.05, 3.63) is 28.5 Å². The molecule has 5 nitrogen and oxygen atoms in total. The molecule has 0 unspecified atom stereocenters. The quantitative estimate of drug-likeness (QED) is 0.528. The zero-order valence-corrected chi connectivity index (χ0v) is 8.69. The SMILES string of the molecule is NC(N)=S.O=C(O)c1ccc[nH]c1=S. The molecule has 1 heterocycles. The molecule has 0 bridgehead atoms. The molecule has 0 fully saturated rings. The standard InChI is InChI=1S/C6H5NO2S.CH4N2S/c8-6(9)4-2-1-3-7-5(4)10;2-1(3)4/h1-3H,(H,7,10)(H,8,9);(H4,2,3,4). The minimum absolute atomic E-state index is 0.000000000000000222. The number of carbonyl (C=O) groups is 1. The van der Waals surface area contributed by atoms with Crippen LogP contribution in [0, 0.1) is 4.64 Å². The first kappa shape index (κ1) is 12.5. The summed E-state index contributed by atoms with van der Waals surface area (Å²) in [7, 11) is 0. The summed E-state index contributed by atoms with van der Waals surface area (Å²) in [4.78, 5) is 13.0. The molecule has 0 saturated carbocycles. The summed E-state index contributed by atoms with van der Waals surface area (Å²) in [6, 6.07) is 3.06. The molecule has 1 rings (SSSR count). The van der Waals surface area contributed by atoms with Gasteiger partial charge in [-0.2, -0.15) is 0 Å². The Morgan fingerprint density at radius 2 is 2.00 bits per heavy atom. The van der Waals surface area contributed by atoms with Gasteiger partial charge < -0.3 is 21.6 Å². The Kier molecular flexibility index (Phi) is 5.42. The number of nitrogens with one attached hydrogen (secondary N) is 1. The number of rotatable bonds is 1. The van der Waals surface area contributed by atoms with Gasteiger partial charge in [0.05, 0.1) is 5.56 Å². The number of hydrogen-bond acceptors (Lipinski definition) is 3. The smallest absolute Gasteiger partial charge is 0.338 e. The van der Waals surface area contributed by atoms with Gasteiger partial charge in [0.15, 0.2) is 5.11 Å². The largest absolute Gasteiger partial charge is 0.478 e. The molecule has 14 heavy (non-hydrogen) atoms. The number of carboxylic acids is 1. The number of aromatic carboxylic acids is 1. The van der Waals surface area contributed by atoms with Gasteiger partial charge in [-0.25, -0.2) is 4.79 Å². The van der Waals surface area contributed by atoms with Gasteiger partial charge in [-0.1, -0.05) is 12.2 Å². The fourth-order valence-corrected chi connectivity index (χ4v) is 0.813. The maximum atomic E-state index is 10.3. The lowest BCUT2D eigenvalue weighted by molar-refractivity contribution is 0.0696. The topological polar surface area (TPSA) is 105 Å². The fourth-order valence-electron chi connectivity index (χ4n) is 0.590. The highest BCUT2D eigenvalue weighted by Crippen LogP contribution is 1.97. The first-order valence-electron chi connectivity index (χ1n) is 3.41. The molecule has 6 N–H and O–H groups in total. The number of hydrogen-bond donors (Lipinski definition) is 4. The second kappa shape index (κ2) is 6.06. The molecule has 0 amide bonds. The number of nitrogens with two attached hydrogens (primary N) is 2. The summed E-state index contributed by atoms with van der Waals surface area (Å²) in [5.41, 5.74) is 9.38. The molecular formula is C7H9N3O2S2. The molecule has 1 aromatic heterocycles. The lowest BCUT2D eigenvalue weighted by Crippen LogP contribution is -2.18. The van der Waals surface area contributed by atoms with E-state index in [1.165, 1.54) is 6.07 Å². The third-order valence-electron chi connectivity index (χ3n) is 1.05. The molecule has 1 aromatic rings. The van der Waals surface area contributed by atoms with E-state index in [4.69, 9.17) is 17.3 Å². The van der Waals surface area contributed by atoms with Crippen LogP contribution in [0.25, 0.3) is 0 Å². The number of H-pyrrole nitrogens is 1. The highest BCUT2D eigenvalue weighted by Gasteiger charge is 2.01. The van der Waals surface area contributed by atoms with E-state index in [0.717, 1.165) is 0 Å². The average Bonchev–Trinajstić information content (AvgIpc) is 2.03. The maximum absolute atomic E-state index is 10.3. The molecule has 0 atom stereocenters. The fraction of sp³-hybridized carbons (Fsp3) is 0. The summed E-state index contributed by atoms with van der Waals surface area (Å²) >= 11 is 8.78.